The highest BCUT2D eigenvalue weighted by atomic mass is 16.3. The molecule has 1 rings (SSSR count). The number of nitrogens with zero attached hydrogens (tertiary/aromatic N) is 1. The number of primary amides is 1. The molecule has 0 aromatic carbocycles. The third kappa shape index (κ3) is 0.579. The van der Waals surface area contributed by atoms with Crippen molar-refractivity contribution in [3.8, 4) is 0 Å². The number of quaternary nitrogens is 1. The van der Waals surface area contributed by atoms with Crippen LogP contribution in [0.4, 0.5) is 4.79 Å². The van der Waals surface area contributed by atoms with Crippen LogP contribution in [0.15, 0.2) is 0 Å². The second kappa shape index (κ2) is 1.43. The van der Waals surface area contributed by atoms with E-state index in [9.17, 15) is 4.79 Å². The quantitative estimate of drug-likeness (QED) is 0.336. The number of carbonyl (C=O) groups is 1. The van der Waals surface area contributed by atoms with Gasteiger partial charge >= 0.3 is 6.03 Å². The molecule has 3 N–H and O–H groups in total. The normalized spacial score (nSPS) is 22.6. The van der Waals surface area contributed by atoms with E-state index in [1.807, 2.05) is 0 Å². The molecule has 0 saturated carbocycles. The highest BCUT2D eigenvalue weighted by molar-refractivity contribution is 5.65. The number of aliphatic hydroxyl groups excluding tert-OH is 1. The smallest absolute Gasteiger partial charge is 0.347 e. The van der Waals surface area contributed by atoms with E-state index >= 15 is 0 Å². The minimum absolute atomic E-state index is 0.0694. The van der Waals surface area contributed by atoms with Crippen LogP contribution in [0.2, 0.25) is 0 Å². The summed E-state index contributed by atoms with van der Waals surface area (Å²) in [5, 5.41) is 8.50. The molecule has 4 nitrogen and oxygen atoms in total. The molecule has 0 atom stereocenters. The molecule has 1 fully saturated rings. The summed E-state index contributed by atoms with van der Waals surface area (Å²) in [6.45, 7) is 1.26. The lowest BCUT2D eigenvalue weighted by Crippen LogP contribution is -2.39. The Hall–Kier alpha value is -0.610. The van der Waals surface area contributed by atoms with E-state index in [0.29, 0.717) is 13.1 Å². The van der Waals surface area contributed by atoms with Crippen molar-refractivity contribution in [2.75, 3.05) is 19.8 Å². The molecule has 0 aromatic heterocycles. The van der Waals surface area contributed by atoms with Gasteiger partial charge in [0.2, 0.25) is 0 Å². The summed E-state index contributed by atoms with van der Waals surface area (Å²) in [4.78, 5) is 10.3. The molecule has 2 amide bonds. The Morgan fingerprint density at radius 2 is 2.25 bits per heavy atom. The summed E-state index contributed by atoms with van der Waals surface area (Å²) in [5.74, 6) is 0. The predicted octanol–water partition coefficient (Wildman–Crippen LogP) is -1.15. The van der Waals surface area contributed by atoms with Gasteiger partial charge in [0, 0.05) is 0 Å². The summed E-state index contributed by atoms with van der Waals surface area (Å²) in [5.41, 5.74) is 4.92. The van der Waals surface area contributed by atoms with Gasteiger partial charge in [0.05, 0.1) is 0 Å². The lowest BCUT2D eigenvalue weighted by Gasteiger charge is -2.05. The van der Waals surface area contributed by atoms with Gasteiger partial charge in [0.25, 0.3) is 0 Å². The Labute approximate surface area is 47.1 Å². The maximum absolute atomic E-state index is 10.3. The first kappa shape index (κ1) is 5.53. The first-order chi connectivity index (χ1) is 3.71. The number of nitrogens with two attached hydrogens (primary N) is 1. The van der Waals surface area contributed by atoms with Crippen LogP contribution in [0.25, 0.3) is 0 Å². The van der Waals surface area contributed by atoms with E-state index in [0.717, 1.165) is 0 Å². The van der Waals surface area contributed by atoms with Crippen LogP contribution in [0.3, 0.4) is 0 Å². The maximum Gasteiger partial charge on any atom is 0.416 e. The van der Waals surface area contributed by atoms with Crippen molar-refractivity contribution in [2.45, 2.75) is 0 Å². The zero-order chi connectivity index (χ0) is 6.20. The highest BCUT2D eigenvalue weighted by Gasteiger charge is 2.47. The third-order valence-electron chi connectivity index (χ3n) is 1.50. The molecule has 0 aromatic rings. The van der Waals surface area contributed by atoms with Crippen molar-refractivity contribution in [1.29, 1.82) is 0 Å². The molecule has 0 radical (unpaired) electrons. The van der Waals surface area contributed by atoms with Crippen molar-refractivity contribution in [3.63, 3.8) is 0 Å². The van der Waals surface area contributed by atoms with Gasteiger partial charge in [-0.1, -0.05) is 0 Å². The first-order valence-electron chi connectivity index (χ1n) is 2.48. The monoisotopic (exact) mass is 117 g/mol. The van der Waals surface area contributed by atoms with Crippen LogP contribution in [-0.2, 0) is 0 Å². The number of aliphatic hydroxyl groups is 1. The Balaban J connectivity index is 2.53. The molecule has 46 valence electrons. The minimum Gasteiger partial charge on any atom is -0.347 e. The van der Waals surface area contributed by atoms with Crippen LogP contribution in [-0.4, -0.2) is 35.4 Å². The molecule has 4 heteroatoms. The Morgan fingerprint density at radius 1 is 1.75 bits per heavy atom. The van der Waals surface area contributed by atoms with Crippen molar-refractivity contribution in [1.82, 2.24) is 0 Å². The van der Waals surface area contributed by atoms with Crippen molar-refractivity contribution in [2.24, 2.45) is 5.73 Å². The van der Waals surface area contributed by atoms with Gasteiger partial charge in [-0.3, -0.25) is 0 Å². The molecule has 8 heavy (non-hydrogen) atoms. The van der Waals surface area contributed by atoms with E-state index in [1.165, 1.54) is 0 Å². The topological polar surface area (TPSA) is 63.3 Å². The van der Waals surface area contributed by atoms with Gasteiger partial charge < -0.3 is 10.8 Å². The summed E-state index contributed by atoms with van der Waals surface area (Å²) in [7, 11) is 0. The molecule has 1 saturated heterocycles. The molecule has 0 unspecified atom stereocenters. The summed E-state index contributed by atoms with van der Waals surface area (Å²) in [6, 6.07) is -0.424. The predicted molar refractivity (Wildman–Crippen MR) is 26.7 cm³/mol. The lowest BCUT2D eigenvalue weighted by atomic mass is 10.8. The van der Waals surface area contributed by atoms with Crippen LogP contribution >= 0.6 is 0 Å². The number of hydrogen-bond donors (Lipinski definition) is 2. The number of amides is 2. The molecule has 0 bridgehead atoms. The molecule has 0 spiro atoms. The van der Waals surface area contributed by atoms with Gasteiger partial charge in [0.15, 0.2) is 6.73 Å². The number of carbonyl (C=O) groups excluding carboxylic acids is 1. The van der Waals surface area contributed by atoms with Crippen molar-refractivity contribution >= 4 is 6.03 Å². The fraction of sp³-hybridized carbons (Fsp3) is 0.750. The zero-order valence-corrected chi connectivity index (χ0v) is 4.50. The van der Waals surface area contributed by atoms with E-state index in [2.05, 4.69) is 0 Å². The highest BCUT2D eigenvalue weighted by Crippen LogP contribution is 2.17. The number of rotatable bonds is 1. The fourth-order valence-electron chi connectivity index (χ4n) is 0.552. The van der Waals surface area contributed by atoms with E-state index < -0.39 is 6.03 Å². The Kier molecular flexibility index (Phi) is 0.988. The van der Waals surface area contributed by atoms with Crippen LogP contribution in [0.5, 0.6) is 0 Å². The van der Waals surface area contributed by atoms with Gasteiger partial charge in [-0.2, -0.15) is 0 Å². The van der Waals surface area contributed by atoms with Gasteiger partial charge in [-0.15, -0.1) is 0 Å². The second-order valence-corrected chi connectivity index (χ2v) is 2.07. The summed E-state index contributed by atoms with van der Waals surface area (Å²) >= 11 is 0. The van der Waals surface area contributed by atoms with Crippen molar-refractivity contribution in [3.05, 3.63) is 0 Å². The molecular weight excluding hydrogens is 108 g/mol. The molecule has 1 aliphatic rings. The van der Waals surface area contributed by atoms with Gasteiger partial charge in [0.1, 0.15) is 13.1 Å². The zero-order valence-electron chi connectivity index (χ0n) is 4.50. The Bertz CT molecular complexity index is 119. The second-order valence-electron chi connectivity index (χ2n) is 2.07. The fourth-order valence-corrected chi connectivity index (χ4v) is 0.552. The summed E-state index contributed by atoms with van der Waals surface area (Å²) < 4.78 is 0.0694. The first-order valence-corrected chi connectivity index (χ1v) is 2.48. The van der Waals surface area contributed by atoms with E-state index in [-0.39, 0.29) is 11.2 Å². The van der Waals surface area contributed by atoms with Crippen LogP contribution in [0.1, 0.15) is 0 Å². The van der Waals surface area contributed by atoms with E-state index in [1.54, 1.807) is 0 Å². The average molecular weight is 117 g/mol. The standard InChI is InChI=1S/C4H8N2O2/c5-4(8)6(3-7)1-2-6/h7H,1-3H2,(H-,5,8)/p+1. The lowest BCUT2D eigenvalue weighted by molar-refractivity contribution is -0.737. The summed E-state index contributed by atoms with van der Waals surface area (Å²) in [6.07, 6.45) is 0. The largest absolute Gasteiger partial charge is 0.416 e. The Morgan fingerprint density at radius 3 is 2.25 bits per heavy atom. The maximum atomic E-state index is 10.3. The SMILES string of the molecule is NC(=O)[N+]1(CO)CC1. The molecule has 1 aliphatic heterocycles. The third-order valence-corrected chi connectivity index (χ3v) is 1.50. The number of urea groups is 1. The van der Waals surface area contributed by atoms with Crippen LogP contribution in [0, 0.1) is 0 Å². The molecule has 1 heterocycles. The van der Waals surface area contributed by atoms with Gasteiger partial charge in [-0.05, 0) is 0 Å². The number of hydrogen-bond acceptors (Lipinski definition) is 2. The average Bonchev–Trinajstić information content (AvgIpc) is 2.44. The van der Waals surface area contributed by atoms with Crippen LogP contribution < -0.4 is 5.73 Å². The van der Waals surface area contributed by atoms with E-state index in [4.69, 9.17) is 10.8 Å². The van der Waals surface area contributed by atoms with Crippen molar-refractivity contribution < 1.29 is 14.4 Å². The molecule has 0 aliphatic carbocycles. The van der Waals surface area contributed by atoms with Gasteiger partial charge in [-0.25, -0.2) is 9.28 Å². The molecular formula is C4H9N2O2+. The minimum atomic E-state index is -0.424.